The maximum absolute atomic E-state index is 9.70. The molecular formula is C48H32N6. The van der Waals surface area contributed by atoms with Crippen LogP contribution in [0.15, 0.2) is 158 Å². The van der Waals surface area contributed by atoms with Crippen molar-refractivity contribution >= 4 is 21.8 Å². The molecule has 0 fully saturated rings. The van der Waals surface area contributed by atoms with Crippen molar-refractivity contribution < 1.29 is 0 Å². The topological polar surface area (TPSA) is 80.3 Å². The minimum atomic E-state index is -0.281. The first kappa shape index (κ1) is 31.5. The summed E-state index contributed by atoms with van der Waals surface area (Å²) in [7, 11) is 0. The molecule has 6 aromatic carbocycles. The van der Waals surface area contributed by atoms with Crippen molar-refractivity contribution in [2.45, 2.75) is 19.3 Å². The van der Waals surface area contributed by atoms with Crippen molar-refractivity contribution in [3.8, 4) is 68.2 Å². The van der Waals surface area contributed by atoms with E-state index in [2.05, 4.69) is 102 Å². The first-order chi connectivity index (χ1) is 26.5. The van der Waals surface area contributed by atoms with E-state index in [4.69, 9.17) is 15.0 Å². The summed E-state index contributed by atoms with van der Waals surface area (Å²) in [6.45, 7) is 4.50. The Bertz CT molecular complexity index is 2860. The number of fused-ring (bicyclic) bond motifs is 6. The molecule has 0 bridgehead atoms. The van der Waals surface area contributed by atoms with Gasteiger partial charge in [0, 0.05) is 51.0 Å². The number of pyridine rings is 1. The van der Waals surface area contributed by atoms with Crippen LogP contribution >= 0.6 is 0 Å². The Balaban J connectivity index is 1.23. The molecule has 10 rings (SSSR count). The van der Waals surface area contributed by atoms with Crippen molar-refractivity contribution in [3.63, 3.8) is 0 Å². The summed E-state index contributed by atoms with van der Waals surface area (Å²) in [5, 5.41) is 11.9. The third kappa shape index (κ3) is 5.02. The van der Waals surface area contributed by atoms with Crippen LogP contribution in [0.5, 0.6) is 0 Å². The number of aromatic nitrogens is 5. The minimum absolute atomic E-state index is 0.281. The van der Waals surface area contributed by atoms with E-state index >= 15 is 0 Å². The van der Waals surface area contributed by atoms with Gasteiger partial charge in [0.05, 0.1) is 22.7 Å². The average Bonchev–Trinajstić information content (AvgIpc) is 3.69. The maximum atomic E-state index is 9.70. The van der Waals surface area contributed by atoms with Crippen LogP contribution in [0.2, 0.25) is 0 Å². The number of nitrogens with zero attached hydrogens (tertiary/aromatic N) is 6. The molecule has 0 atom stereocenters. The summed E-state index contributed by atoms with van der Waals surface area (Å²) in [6.07, 6.45) is 3.80. The van der Waals surface area contributed by atoms with Gasteiger partial charge >= 0.3 is 0 Å². The predicted molar refractivity (Wildman–Crippen MR) is 216 cm³/mol. The highest BCUT2D eigenvalue weighted by Crippen LogP contribution is 2.50. The van der Waals surface area contributed by atoms with Crippen molar-refractivity contribution in [2.24, 2.45) is 0 Å². The van der Waals surface area contributed by atoms with Gasteiger partial charge in [-0.3, -0.25) is 4.98 Å². The van der Waals surface area contributed by atoms with Crippen molar-refractivity contribution in [1.29, 1.82) is 5.26 Å². The lowest BCUT2D eigenvalue weighted by Gasteiger charge is -2.22. The monoisotopic (exact) mass is 692 g/mol. The highest BCUT2D eigenvalue weighted by molar-refractivity contribution is 6.09. The number of hydrogen-bond donors (Lipinski definition) is 0. The number of benzene rings is 6. The van der Waals surface area contributed by atoms with Crippen LogP contribution in [-0.2, 0) is 5.41 Å². The standard InChI is InChI=1S/C48H32N6/c1-48(2)41-23-30(28-49)17-19-37(41)38-20-18-33(27-42(38)48)34-24-35(26-36(25-34)54-43-16-10-9-15-39(43)40-29-50-22-21-44(40)54)47-52-45(31-11-5-3-6-12-31)51-46(53-47)32-13-7-4-8-14-32/h3-27,29H,1-2H3. The molecule has 6 nitrogen and oxygen atoms in total. The molecule has 54 heavy (non-hydrogen) atoms. The lowest BCUT2D eigenvalue weighted by Crippen LogP contribution is -2.15. The lowest BCUT2D eigenvalue weighted by atomic mass is 9.81. The second-order valence-corrected chi connectivity index (χ2v) is 14.3. The zero-order valence-corrected chi connectivity index (χ0v) is 29.7. The maximum Gasteiger partial charge on any atom is 0.164 e. The smallest absolute Gasteiger partial charge is 0.164 e. The first-order valence-electron chi connectivity index (χ1n) is 18.0. The molecule has 3 aromatic heterocycles. The summed E-state index contributed by atoms with van der Waals surface area (Å²) < 4.78 is 2.31. The number of nitriles is 1. The van der Waals surface area contributed by atoms with Gasteiger partial charge in [-0.25, -0.2) is 15.0 Å². The Hall–Kier alpha value is -7.23. The average molecular weight is 693 g/mol. The number of hydrogen-bond acceptors (Lipinski definition) is 5. The van der Waals surface area contributed by atoms with Gasteiger partial charge in [0.2, 0.25) is 0 Å². The molecule has 0 spiro atoms. The summed E-state index contributed by atoms with van der Waals surface area (Å²) >= 11 is 0. The molecule has 0 radical (unpaired) electrons. The van der Waals surface area contributed by atoms with Crippen LogP contribution < -0.4 is 0 Å². The van der Waals surface area contributed by atoms with Crippen LogP contribution in [-0.4, -0.2) is 24.5 Å². The van der Waals surface area contributed by atoms with E-state index < -0.39 is 0 Å². The zero-order chi connectivity index (χ0) is 36.4. The molecule has 0 N–H and O–H groups in total. The van der Waals surface area contributed by atoms with Gasteiger partial charge in [-0.1, -0.05) is 111 Å². The van der Waals surface area contributed by atoms with E-state index in [0.29, 0.717) is 23.0 Å². The minimum Gasteiger partial charge on any atom is -0.309 e. The third-order valence-electron chi connectivity index (χ3n) is 10.7. The fourth-order valence-electron chi connectivity index (χ4n) is 8.05. The second kappa shape index (κ2) is 12.2. The molecule has 0 aliphatic heterocycles. The molecule has 0 unspecified atom stereocenters. The first-order valence-corrected chi connectivity index (χ1v) is 18.0. The van der Waals surface area contributed by atoms with Crippen LogP contribution in [0, 0.1) is 11.3 Å². The largest absolute Gasteiger partial charge is 0.309 e. The molecule has 1 aliphatic carbocycles. The van der Waals surface area contributed by atoms with Gasteiger partial charge < -0.3 is 4.57 Å². The second-order valence-electron chi connectivity index (χ2n) is 14.3. The van der Waals surface area contributed by atoms with Crippen LogP contribution in [0.4, 0.5) is 0 Å². The quantitative estimate of drug-likeness (QED) is 0.179. The lowest BCUT2D eigenvalue weighted by molar-refractivity contribution is 0.660. The number of rotatable bonds is 5. The molecule has 3 heterocycles. The Morgan fingerprint density at radius 1 is 0.519 bits per heavy atom. The SMILES string of the molecule is CC1(C)c2cc(C#N)ccc2-c2ccc(-c3cc(-c4nc(-c5ccccc5)nc(-c5ccccc5)n4)cc(-n4c5ccccc5c5cnccc54)c3)cc21. The molecule has 0 saturated heterocycles. The normalized spacial score (nSPS) is 12.8. The molecule has 9 aromatic rings. The molecule has 1 aliphatic rings. The summed E-state index contributed by atoms with van der Waals surface area (Å²) in [5.41, 5.74) is 13.2. The predicted octanol–water partition coefficient (Wildman–Crippen LogP) is 11.2. The highest BCUT2D eigenvalue weighted by Gasteiger charge is 2.36. The zero-order valence-electron chi connectivity index (χ0n) is 29.7. The summed E-state index contributed by atoms with van der Waals surface area (Å²) in [6, 6.07) is 52.5. The van der Waals surface area contributed by atoms with Gasteiger partial charge in [-0.15, -0.1) is 0 Å². The Morgan fingerprint density at radius 3 is 1.81 bits per heavy atom. The van der Waals surface area contributed by atoms with E-state index in [-0.39, 0.29) is 5.41 Å². The van der Waals surface area contributed by atoms with E-state index in [1.54, 1.807) is 0 Å². The fourth-order valence-corrected chi connectivity index (χ4v) is 8.05. The van der Waals surface area contributed by atoms with Crippen molar-refractivity contribution in [2.75, 3.05) is 0 Å². The van der Waals surface area contributed by atoms with Gasteiger partial charge in [0.15, 0.2) is 17.5 Å². The van der Waals surface area contributed by atoms with E-state index in [0.717, 1.165) is 55.3 Å². The summed E-state index contributed by atoms with van der Waals surface area (Å²) in [5.74, 6) is 1.82. The highest BCUT2D eigenvalue weighted by atomic mass is 15.0. The van der Waals surface area contributed by atoms with E-state index in [1.165, 1.54) is 22.3 Å². The van der Waals surface area contributed by atoms with Gasteiger partial charge in [0.25, 0.3) is 0 Å². The third-order valence-corrected chi connectivity index (χ3v) is 10.7. The van der Waals surface area contributed by atoms with Crippen molar-refractivity contribution in [1.82, 2.24) is 24.5 Å². The van der Waals surface area contributed by atoms with Crippen LogP contribution in [0.25, 0.3) is 83.9 Å². The van der Waals surface area contributed by atoms with Gasteiger partial charge in [-0.05, 0) is 81.9 Å². The molecule has 254 valence electrons. The van der Waals surface area contributed by atoms with Gasteiger partial charge in [0.1, 0.15) is 0 Å². The van der Waals surface area contributed by atoms with E-state index in [1.807, 2.05) is 85.2 Å². The fraction of sp³-hybridized carbons (Fsp3) is 0.0625. The Morgan fingerprint density at radius 2 is 1.11 bits per heavy atom. The van der Waals surface area contributed by atoms with Gasteiger partial charge in [-0.2, -0.15) is 5.26 Å². The van der Waals surface area contributed by atoms with Crippen LogP contribution in [0.1, 0.15) is 30.5 Å². The summed E-state index contributed by atoms with van der Waals surface area (Å²) in [4.78, 5) is 19.7. The Labute approximate surface area is 312 Å². The molecule has 0 saturated carbocycles. The molecular weight excluding hydrogens is 661 g/mol. The van der Waals surface area contributed by atoms with Crippen LogP contribution in [0.3, 0.4) is 0 Å². The molecule has 6 heteroatoms. The molecule has 0 amide bonds. The Kier molecular flexibility index (Phi) is 7.11. The van der Waals surface area contributed by atoms with Crippen molar-refractivity contribution in [3.05, 3.63) is 175 Å². The van der Waals surface area contributed by atoms with E-state index in [9.17, 15) is 5.26 Å². The number of para-hydroxylation sites is 1.